The summed E-state index contributed by atoms with van der Waals surface area (Å²) in [6, 6.07) is 14.6. The number of benzene rings is 2. The summed E-state index contributed by atoms with van der Waals surface area (Å²) in [4.78, 5) is 11.7. The van der Waals surface area contributed by atoms with Crippen LogP contribution in [0.15, 0.2) is 52.9 Å². The number of para-hydroxylation sites is 1. The second kappa shape index (κ2) is 6.98. The van der Waals surface area contributed by atoms with Gasteiger partial charge in [0.25, 0.3) is 11.8 Å². The summed E-state index contributed by atoms with van der Waals surface area (Å²) >= 11 is 0. The van der Waals surface area contributed by atoms with Crippen LogP contribution in [0.3, 0.4) is 0 Å². The fraction of sp³-hybridized carbons (Fsp3) is 0.100. The van der Waals surface area contributed by atoms with Crippen molar-refractivity contribution in [3.63, 3.8) is 0 Å². The van der Waals surface area contributed by atoms with Crippen LogP contribution in [0.2, 0.25) is 0 Å². The molecule has 0 aliphatic carbocycles. The van der Waals surface area contributed by atoms with Crippen molar-refractivity contribution in [2.45, 2.75) is 13.0 Å². The van der Waals surface area contributed by atoms with Crippen LogP contribution < -0.4 is 5.73 Å². The Morgan fingerprint density at radius 1 is 1.21 bits per heavy atom. The molecule has 138 valence electrons. The lowest BCUT2D eigenvalue weighted by atomic mass is 10.2. The monoisotopic (exact) mass is 373 g/mol. The molecule has 2 aromatic heterocycles. The first kappa shape index (κ1) is 17.5. The molecule has 0 aliphatic rings. The van der Waals surface area contributed by atoms with Crippen molar-refractivity contribution >= 4 is 16.8 Å². The minimum Gasteiger partial charge on any atom is -0.422 e. The van der Waals surface area contributed by atoms with E-state index in [1.807, 2.05) is 30.3 Å². The number of primary amides is 1. The van der Waals surface area contributed by atoms with Crippen LogP contribution >= 0.6 is 0 Å². The lowest BCUT2D eigenvalue weighted by Gasteiger charge is -2.04. The maximum Gasteiger partial charge on any atom is 0.269 e. The molecule has 4 rings (SSSR count). The first-order valence-corrected chi connectivity index (χ1v) is 8.40. The first-order valence-electron chi connectivity index (χ1n) is 8.40. The smallest absolute Gasteiger partial charge is 0.269 e. The SMILES string of the molecule is Cc1nnc([C@H](O)C#Cc2cccc(-n3nc(C(N)=O)c4ccccc43)c2)o1. The number of hydrogen-bond acceptors (Lipinski definition) is 6. The van der Waals surface area contributed by atoms with Gasteiger partial charge in [-0.2, -0.15) is 5.10 Å². The normalized spacial score (nSPS) is 11.8. The Morgan fingerprint density at radius 2 is 2.04 bits per heavy atom. The minimum atomic E-state index is -1.18. The summed E-state index contributed by atoms with van der Waals surface area (Å²) < 4.78 is 6.80. The zero-order valence-electron chi connectivity index (χ0n) is 14.8. The molecule has 0 saturated heterocycles. The van der Waals surface area contributed by atoms with Crippen molar-refractivity contribution in [2.24, 2.45) is 5.73 Å². The molecule has 1 amide bonds. The Labute approximate surface area is 159 Å². The van der Waals surface area contributed by atoms with E-state index in [2.05, 4.69) is 27.1 Å². The van der Waals surface area contributed by atoms with E-state index in [0.29, 0.717) is 22.5 Å². The number of amides is 1. The molecule has 0 fully saturated rings. The van der Waals surface area contributed by atoms with Gasteiger partial charge < -0.3 is 15.3 Å². The van der Waals surface area contributed by atoms with Crippen LogP contribution in [0.25, 0.3) is 16.6 Å². The summed E-state index contributed by atoms with van der Waals surface area (Å²) in [6.45, 7) is 1.63. The zero-order valence-corrected chi connectivity index (χ0v) is 14.8. The topological polar surface area (TPSA) is 120 Å². The average Bonchev–Trinajstić information content (AvgIpc) is 3.30. The lowest BCUT2D eigenvalue weighted by Crippen LogP contribution is -2.12. The highest BCUT2D eigenvalue weighted by Gasteiger charge is 2.15. The van der Waals surface area contributed by atoms with Gasteiger partial charge in [0.15, 0.2) is 11.8 Å². The largest absolute Gasteiger partial charge is 0.422 e. The Hall–Kier alpha value is -3.96. The van der Waals surface area contributed by atoms with Crippen LogP contribution in [-0.2, 0) is 0 Å². The van der Waals surface area contributed by atoms with E-state index < -0.39 is 12.0 Å². The number of nitrogens with two attached hydrogens (primary N) is 1. The molecule has 0 saturated carbocycles. The fourth-order valence-electron chi connectivity index (χ4n) is 2.80. The molecule has 8 nitrogen and oxygen atoms in total. The van der Waals surface area contributed by atoms with Crippen molar-refractivity contribution in [1.82, 2.24) is 20.0 Å². The van der Waals surface area contributed by atoms with Gasteiger partial charge in [0.1, 0.15) is 0 Å². The molecule has 0 aliphatic heterocycles. The first-order chi connectivity index (χ1) is 13.5. The third-order valence-corrected chi connectivity index (χ3v) is 4.04. The molecule has 8 heteroatoms. The second-order valence-electron chi connectivity index (χ2n) is 6.02. The third-order valence-electron chi connectivity index (χ3n) is 4.04. The van der Waals surface area contributed by atoms with Crippen LogP contribution in [0.1, 0.15) is 33.9 Å². The van der Waals surface area contributed by atoms with Gasteiger partial charge in [-0.25, -0.2) is 4.68 Å². The van der Waals surface area contributed by atoms with E-state index in [4.69, 9.17) is 10.2 Å². The molecule has 2 heterocycles. The van der Waals surface area contributed by atoms with Gasteiger partial charge in [0, 0.05) is 17.9 Å². The predicted molar refractivity (Wildman–Crippen MR) is 100 cm³/mol. The number of nitrogens with zero attached hydrogens (tertiary/aromatic N) is 4. The van der Waals surface area contributed by atoms with E-state index in [1.54, 1.807) is 29.8 Å². The maximum atomic E-state index is 11.7. The van der Waals surface area contributed by atoms with Gasteiger partial charge >= 0.3 is 0 Å². The number of aromatic nitrogens is 4. The summed E-state index contributed by atoms with van der Waals surface area (Å²) in [5, 5.41) is 22.5. The van der Waals surface area contributed by atoms with Crippen LogP contribution in [0, 0.1) is 18.8 Å². The average molecular weight is 373 g/mol. The number of aliphatic hydroxyl groups excluding tert-OH is 1. The van der Waals surface area contributed by atoms with Gasteiger partial charge in [-0.1, -0.05) is 36.1 Å². The Balaban J connectivity index is 1.72. The van der Waals surface area contributed by atoms with Crippen molar-refractivity contribution in [3.8, 4) is 17.5 Å². The lowest BCUT2D eigenvalue weighted by molar-refractivity contribution is 0.0996. The molecule has 28 heavy (non-hydrogen) atoms. The van der Waals surface area contributed by atoms with Crippen LogP contribution in [-0.4, -0.2) is 31.0 Å². The molecule has 0 spiro atoms. The number of rotatable bonds is 3. The zero-order chi connectivity index (χ0) is 19.7. The van der Waals surface area contributed by atoms with Crippen molar-refractivity contribution in [2.75, 3.05) is 0 Å². The molecular formula is C20H15N5O3. The summed E-state index contributed by atoms with van der Waals surface area (Å²) in [5.41, 5.74) is 7.76. The van der Waals surface area contributed by atoms with Crippen LogP contribution in [0.4, 0.5) is 0 Å². The van der Waals surface area contributed by atoms with Gasteiger partial charge in [-0.05, 0) is 24.3 Å². The highest BCUT2D eigenvalue weighted by molar-refractivity contribution is 6.04. The third kappa shape index (κ3) is 3.22. The number of carbonyl (C=O) groups is 1. The molecule has 2 aromatic carbocycles. The summed E-state index contributed by atoms with van der Waals surface area (Å²) in [7, 11) is 0. The summed E-state index contributed by atoms with van der Waals surface area (Å²) in [5.74, 6) is 5.36. The summed E-state index contributed by atoms with van der Waals surface area (Å²) in [6.07, 6.45) is -1.18. The van der Waals surface area contributed by atoms with E-state index in [-0.39, 0.29) is 11.6 Å². The molecule has 0 unspecified atom stereocenters. The molecular weight excluding hydrogens is 358 g/mol. The number of hydrogen-bond donors (Lipinski definition) is 2. The highest BCUT2D eigenvalue weighted by atomic mass is 16.4. The van der Waals surface area contributed by atoms with Crippen molar-refractivity contribution in [1.29, 1.82) is 0 Å². The quantitative estimate of drug-likeness (QED) is 0.529. The standard InChI is InChI=1S/C20H15N5O3/c1-12-22-23-20(28-12)17(26)10-9-13-5-4-6-14(11-13)25-16-8-3-2-7-15(16)18(24-25)19(21)27/h2-8,11,17,26H,1H3,(H2,21,27)/t17-/m1/s1. The number of aliphatic hydroxyl groups is 1. The second-order valence-corrected chi connectivity index (χ2v) is 6.02. The van der Waals surface area contributed by atoms with E-state index in [0.717, 1.165) is 5.52 Å². The van der Waals surface area contributed by atoms with Gasteiger partial charge in [0.2, 0.25) is 5.89 Å². The van der Waals surface area contributed by atoms with E-state index in [9.17, 15) is 9.90 Å². The molecule has 3 N–H and O–H groups in total. The molecule has 0 bridgehead atoms. The minimum absolute atomic E-state index is 0.0466. The predicted octanol–water partition coefficient (Wildman–Crippen LogP) is 1.90. The maximum absolute atomic E-state index is 11.7. The fourth-order valence-corrected chi connectivity index (χ4v) is 2.80. The Bertz CT molecular complexity index is 1250. The molecule has 1 atom stereocenters. The molecule has 0 radical (unpaired) electrons. The number of aryl methyl sites for hydroxylation is 1. The van der Waals surface area contributed by atoms with Gasteiger partial charge in [0.05, 0.1) is 11.2 Å². The number of fused-ring (bicyclic) bond motifs is 1. The highest BCUT2D eigenvalue weighted by Crippen LogP contribution is 2.22. The van der Waals surface area contributed by atoms with Crippen molar-refractivity contribution in [3.05, 3.63) is 71.6 Å². The van der Waals surface area contributed by atoms with Crippen molar-refractivity contribution < 1.29 is 14.3 Å². The van der Waals surface area contributed by atoms with E-state index >= 15 is 0 Å². The Morgan fingerprint density at radius 3 is 2.79 bits per heavy atom. The van der Waals surface area contributed by atoms with E-state index in [1.165, 1.54) is 0 Å². The van der Waals surface area contributed by atoms with Gasteiger partial charge in [-0.15, -0.1) is 10.2 Å². The Kier molecular flexibility index (Phi) is 4.35. The van der Waals surface area contributed by atoms with Crippen LogP contribution in [0.5, 0.6) is 0 Å². The van der Waals surface area contributed by atoms with Gasteiger partial charge in [-0.3, -0.25) is 4.79 Å². The molecule has 4 aromatic rings. The number of carbonyl (C=O) groups excluding carboxylic acids is 1.